The number of halogens is 1. The van der Waals surface area contributed by atoms with Gasteiger partial charge in [-0.3, -0.25) is 4.79 Å². The number of carbonyl (C=O) groups is 2. The second-order valence-electron chi connectivity index (χ2n) is 5.42. The molecule has 0 saturated carbocycles. The standard InChI is InChI=1S/C19H20BrNO4/c1-13(18(22)21-11-10-14-6-4-3-5-7-14)25-19(23)16-12-15(24-2)8-9-17(16)20/h3-9,12-13H,10-11H2,1-2H3,(H,21,22)/t13-/m0/s1. The highest BCUT2D eigenvalue weighted by atomic mass is 79.9. The molecule has 2 rings (SSSR count). The number of hydrogen-bond donors (Lipinski definition) is 1. The monoisotopic (exact) mass is 405 g/mol. The summed E-state index contributed by atoms with van der Waals surface area (Å²) in [5.41, 5.74) is 1.44. The Morgan fingerprint density at radius 1 is 1.16 bits per heavy atom. The third-order valence-corrected chi connectivity index (χ3v) is 4.29. The van der Waals surface area contributed by atoms with E-state index in [0.29, 0.717) is 28.8 Å². The van der Waals surface area contributed by atoms with Crippen molar-refractivity contribution in [2.24, 2.45) is 0 Å². The van der Waals surface area contributed by atoms with Crippen LogP contribution in [-0.4, -0.2) is 31.6 Å². The molecule has 0 unspecified atom stereocenters. The first kappa shape index (κ1) is 19.0. The highest BCUT2D eigenvalue weighted by Crippen LogP contribution is 2.23. The van der Waals surface area contributed by atoms with E-state index in [0.717, 1.165) is 5.56 Å². The maximum atomic E-state index is 12.3. The number of methoxy groups -OCH3 is 1. The molecule has 2 aromatic rings. The van der Waals surface area contributed by atoms with Crippen LogP contribution in [0.5, 0.6) is 5.75 Å². The Morgan fingerprint density at radius 2 is 1.88 bits per heavy atom. The molecule has 0 aliphatic carbocycles. The van der Waals surface area contributed by atoms with Crippen molar-refractivity contribution in [2.45, 2.75) is 19.4 Å². The fourth-order valence-corrected chi connectivity index (χ4v) is 2.59. The second kappa shape index (κ2) is 9.22. The minimum atomic E-state index is -0.888. The lowest BCUT2D eigenvalue weighted by Gasteiger charge is -2.14. The van der Waals surface area contributed by atoms with E-state index < -0.39 is 12.1 Å². The van der Waals surface area contributed by atoms with Crippen LogP contribution in [-0.2, 0) is 16.0 Å². The second-order valence-corrected chi connectivity index (χ2v) is 6.27. The Hall–Kier alpha value is -2.34. The van der Waals surface area contributed by atoms with Crippen LogP contribution in [0.1, 0.15) is 22.8 Å². The van der Waals surface area contributed by atoms with Gasteiger partial charge in [0.1, 0.15) is 5.75 Å². The number of carbonyl (C=O) groups excluding carboxylic acids is 2. The van der Waals surface area contributed by atoms with Crippen LogP contribution in [0.3, 0.4) is 0 Å². The molecule has 25 heavy (non-hydrogen) atoms. The van der Waals surface area contributed by atoms with Crippen LogP contribution >= 0.6 is 15.9 Å². The summed E-state index contributed by atoms with van der Waals surface area (Å²) in [7, 11) is 1.52. The first-order valence-electron chi connectivity index (χ1n) is 7.87. The summed E-state index contributed by atoms with van der Waals surface area (Å²) >= 11 is 3.30. The fraction of sp³-hybridized carbons (Fsp3) is 0.263. The van der Waals surface area contributed by atoms with Gasteiger partial charge in [-0.2, -0.15) is 0 Å². The third kappa shape index (κ3) is 5.60. The molecule has 1 amide bonds. The van der Waals surface area contributed by atoms with Gasteiger partial charge < -0.3 is 14.8 Å². The predicted octanol–water partition coefficient (Wildman–Crippen LogP) is 3.36. The zero-order valence-corrected chi connectivity index (χ0v) is 15.7. The van der Waals surface area contributed by atoms with E-state index in [-0.39, 0.29) is 5.91 Å². The summed E-state index contributed by atoms with van der Waals surface area (Å²) in [6, 6.07) is 14.8. The molecule has 0 aliphatic heterocycles. The lowest BCUT2D eigenvalue weighted by molar-refractivity contribution is -0.129. The Morgan fingerprint density at radius 3 is 2.56 bits per heavy atom. The van der Waals surface area contributed by atoms with E-state index in [4.69, 9.17) is 9.47 Å². The molecule has 2 aromatic carbocycles. The number of amides is 1. The molecular weight excluding hydrogens is 386 g/mol. The zero-order valence-electron chi connectivity index (χ0n) is 14.1. The fourth-order valence-electron chi connectivity index (χ4n) is 2.18. The van der Waals surface area contributed by atoms with Gasteiger partial charge in [0.05, 0.1) is 12.7 Å². The Balaban J connectivity index is 1.87. The van der Waals surface area contributed by atoms with E-state index in [2.05, 4.69) is 21.2 Å². The topological polar surface area (TPSA) is 64.6 Å². The summed E-state index contributed by atoms with van der Waals surface area (Å²) in [6.07, 6.45) is -0.171. The smallest absolute Gasteiger partial charge is 0.340 e. The number of esters is 1. The molecule has 5 nitrogen and oxygen atoms in total. The molecule has 0 bridgehead atoms. The zero-order chi connectivity index (χ0) is 18.2. The number of hydrogen-bond acceptors (Lipinski definition) is 4. The third-order valence-electron chi connectivity index (χ3n) is 3.60. The summed E-state index contributed by atoms with van der Waals surface area (Å²) < 4.78 is 10.9. The number of ether oxygens (including phenoxy) is 2. The van der Waals surface area contributed by atoms with Crippen molar-refractivity contribution in [3.05, 3.63) is 64.1 Å². The predicted molar refractivity (Wildman–Crippen MR) is 98.7 cm³/mol. The van der Waals surface area contributed by atoms with E-state index in [1.54, 1.807) is 25.1 Å². The van der Waals surface area contributed by atoms with Crippen LogP contribution in [0.4, 0.5) is 0 Å². The van der Waals surface area contributed by atoms with Crippen molar-refractivity contribution in [3.63, 3.8) is 0 Å². The summed E-state index contributed by atoms with van der Waals surface area (Å²) in [5.74, 6) is -0.380. The van der Waals surface area contributed by atoms with Gasteiger partial charge in [0.2, 0.25) is 0 Å². The lowest BCUT2D eigenvalue weighted by atomic mass is 10.1. The maximum absolute atomic E-state index is 12.3. The van der Waals surface area contributed by atoms with Crippen LogP contribution in [0.25, 0.3) is 0 Å². The molecule has 1 N–H and O–H groups in total. The Bertz CT molecular complexity index is 733. The summed E-state index contributed by atoms with van der Waals surface area (Å²) in [5, 5.41) is 2.77. The molecule has 6 heteroatoms. The molecule has 1 atom stereocenters. The van der Waals surface area contributed by atoms with Gasteiger partial charge in [0.15, 0.2) is 6.10 Å². The first-order valence-corrected chi connectivity index (χ1v) is 8.66. The molecule has 0 heterocycles. The largest absolute Gasteiger partial charge is 0.497 e. The number of benzene rings is 2. The van der Waals surface area contributed by atoms with Gasteiger partial charge in [-0.05, 0) is 53.0 Å². The average Bonchev–Trinajstić information content (AvgIpc) is 2.62. The Kier molecular flexibility index (Phi) is 7.01. The van der Waals surface area contributed by atoms with E-state index in [1.807, 2.05) is 30.3 Å². The highest BCUT2D eigenvalue weighted by Gasteiger charge is 2.20. The average molecular weight is 406 g/mol. The molecule has 0 aliphatic rings. The van der Waals surface area contributed by atoms with Crippen LogP contribution in [0.2, 0.25) is 0 Å². The van der Waals surface area contributed by atoms with Gasteiger partial charge in [-0.25, -0.2) is 4.79 Å². The molecule has 0 saturated heterocycles. The van der Waals surface area contributed by atoms with Crippen molar-refractivity contribution in [3.8, 4) is 5.75 Å². The molecule has 0 spiro atoms. The van der Waals surface area contributed by atoms with Crippen LogP contribution < -0.4 is 10.1 Å². The minimum Gasteiger partial charge on any atom is -0.497 e. The van der Waals surface area contributed by atoms with Crippen LogP contribution in [0.15, 0.2) is 53.0 Å². The normalized spacial score (nSPS) is 11.5. The van der Waals surface area contributed by atoms with E-state index in [9.17, 15) is 9.59 Å². The van der Waals surface area contributed by atoms with Gasteiger partial charge >= 0.3 is 5.97 Å². The van der Waals surface area contributed by atoms with Gasteiger partial charge in [-0.1, -0.05) is 30.3 Å². The molecule has 0 fully saturated rings. The number of nitrogens with one attached hydrogen (secondary N) is 1. The molecule has 0 radical (unpaired) electrons. The molecule has 0 aromatic heterocycles. The van der Waals surface area contributed by atoms with E-state index in [1.165, 1.54) is 7.11 Å². The van der Waals surface area contributed by atoms with Crippen molar-refractivity contribution in [1.29, 1.82) is 0 Å². The van der Waals surface area contributed by atoms with Gasteiger partial charge in [0.25, 0.3) is 5.91 Å². The van der Waals surface area contributed by atoms with Crippen LogP contribution in [0, 0.1) is 0 Å². The highest BCUT2D eigenvalue weighted by molar-refractivity contribution is 9.10. The lowest BCUT2D eigenvalue weighted by Crippen LogP contribution is -2.37. The number of rotatable bonds is 7. The first-order chi connectivity index (χ1) is 12.0. The van der Waals surface area contributed by atoms with Crippen molar-refractivity contribution in [2.75, 3.05) is 13.7 Å². The van der Waals surface area contributed by atoms with Gasteiger partial charge in [-0.15, -0.1) is 0 Å². The quantitative estimate of drug-likeness (QED) is 0.717. The summed E-state index contributed by atoms with van der Waals surface area (Å²) in [4.78, 5) is 24.3. The minimum absolute atomic E-state index is 0.309. The summed E-state index contributed by atoms with van der Waals surface area (Å²) in [6.45, 7) is 2.03. The van der Waals surface area contributed by atoms with Crippen molar-refractivity contribution >= 4 is 27.8 Å². The van der Waals surface area contributed by atoms with Gasteiger partial charge in [0, 0.05) is 11.0 Å². The Labute approximate surface area is 155 Å². The molecule has 132 valence electrons. The maximum Gasteiger partial charge on any atom is 0.340 e. The van der Waals surface area contributed by atoms with Crippen molar-refractivity contribution < 1.29 is 19.1 Å². The van der Waals surface area contributed by atoms with Crippen molar-refractivity contribution in [1.82, 2.24) is 5.32 Å². The SMILES string of the molecule is COc1ccc(Br)c(C(=O)O[C@@H](C)C(=O)NCCc2ccccc2)c1. The molecular formula is C19H20BrNO4. The van der Waals surface area contributed by atoms with E-state index >= 15 is 0 Å².